The lowest BCUT2D eigenvalue weighted by atomic mass is 10.0. The van der Waals surface area contributed by atoms with Gasteiger partial charge in [0.05, 0.1) is 24.4 Å². The highest BCUT2D eigenvalue weighted by Crippen LogP contribution is 2.43. The summed E-state index contributed by atoms with van der Waals surface area (Å²) >= 11 is 5.70. The van der Waals surface area contributed by atoms with Crippen molar-refractivity contribution in [3.8, 4) is 17.1 Å². The summed E-state index contributed by atoms with van der Waals surface area (Å²) in [7, 11) is 1.35. The van der Waals surface area contributed by atoms with Gasteiger partial charge in [-0.15, -0.1) is 0 Å². The molecule has 2 atom stereocenters. The van der Waals surface area contributed by atoms with Crippen LogP contribution >= 0.6 is 12.2 Å². The highest BCUT2D eigenvalue weighted by Gasteiger charge is 2.42. The quantitative estimate of drug-likeness (QED) is 0.310. The minimum Gasteiger partial charge on any atom is -0.508 e. The lowest BCUT2D eigenvalue weighted by molar-refractivity contribution is 0.0601. The number of pyridine rings is 1. The summed E-state index contributed by atoms with van der Waals surface area (Å²) in [5, 5.41) is 13.7. The van der Waals surface area contributed by atoms with Crippen molar-refractivity contribution in [2.45, 2.75) is 12.1 Å². The first-order chi connectivity index (χ1) is 16.5. The van der Waals surface area contributed by atoms with Crippen molar-refractivity contribution in [3.63, 3.8) is 0 Å². The van der Waals surface area contributed by atoms with Gasteiger partial charge in [-0.1, -0.05) is 18.2 Å². The fourth-order valence-corrected chi connectivity index (χ4v) is 4.47. The minimum atomic E-state index is -0.410. The van der Waals surface area contributed by atoms with Crippen LogP contribution in [0, 0.1) is 0 Å². The third-order valence-electron chi connectivity index (χ3n) is 5.71. The lowest BCUT2D eigenvalue weighted by Crippen LogP contribution is -2.29. The highest BCUT2D eigenvalue weighted by molar-refractivity contribution is 7.80. The van der Waals surface area contributed by atoms with Gasteiger partial charge >= 0.3 is 5.97 Å². The van der Waals surface area contributed by atoms with Crippen LogP contribution in [0.25, 0.3) is 11.3 Å². The molecule has 170 valence electrons. The van der Waals surface area contributed by atoms with E-state index in [2.05, 4.69) is 10.3 Å². The van der Waals surface area contributed by atoms with Crippen molar-refractivity contribution < 1.29 is 19.1 Å². The number of carbonyl (C=O) groups excluding carboxylic acids is 1. The zero-order valence-corrected chi connectivity index (χ0v) is 19.0. The molecule has 0 saturated carbocycles. The van der Waals surface area contributed by atoms with E-state index in [1.165, 1.54) is 7.11 Å². The number of rotatable bonds is 5. The summed E-state index contributed by atoms with van der Waals surface area (Å²) in [6, 6.07) is 22.9. The van der Waals surface area contributed by atoms with Crippen molar-refractivity contribution in [3.05, 3.63) is 102 Å². The molecule has 0 unspecified atom stereocenters. The number of benzene rings is 2. The average Bonchev–Trinajstić information content (AvgIpc) is 3.49. The van der Waals surface area contributed by atoms with E-state index < -0.39 is 5.97 Å². The van der Waals surface area contributed by atoms with Gasteiger partial charge in [0, 0.05) is 17.4 Å². The topological polar surface area (TPSA) is 87.8 Å². The van der Waals surface area contributed by atoms with Crippen LogP contribution in [0.4, 0.5) is 5.69 Å². The molecule has 2 aromatic heterocycles. The Morgan fingerprint density at radius 3 is 2.65 bits per heavy atom. The van der Waals surface area contributed by atoms with E-state index in [1.807, 2.05) is 41.3 Å². The molecule has 1 aliphatic heterocycles. The summed E-state index contributed by atoms with van der Waals surface area (Å²) in [5.41, 5.74) is 2.83. The number of furan rings is 1. The third-order valence-corrected chi connectivity index (χ3v) is 6.03. The predicted molar refractivity (Wildman–Crippen MR) is 132 cm³/mol. The highest BCUT2D eigenvalue weighted by atomic mass is 32.1. The van der Waals surface area contributed by atoms with Crippen molar-refractivity contribution in [2.75, 3.05) is 12.0 Å². The smallest absolute Gasteiger partial charge is 0.337 e. The van der Waals surface area contributed by atoms with E-state index in [9.17, 15) is 9.90 Å². The van der Waals surface area contributed by atoms with Gasteiger partial charge in [0.2, 0.25) is 0 Å². The average molecular weight is 472 g/mol. The molecule has 5 rings (SSSR count). The Kier molecular flexibility index (Phi) is 5.73. The standard InChI is InChI=1S/C26H21N3O4S/c1-32-25(31)17-6-4-5-16(15-17)21-12-13-22(33-21)24-23(20-7-2-3-14-27-20)28-26(34)29(24)18-8-10-19(30)11-9-18/h2-15,23-24,30H,1H3,(H,28,34)/t23-,24-/m1/s1. The maximum absolute atomic E-state index is 12.0. The fraction of sp³-hybridized carbons (Fsp3) is 0.115. The van der Waals surface area contributed by atoms with Gasteiger partial charge in [-0.25, -0.2) is 4.79 Å². The van der Waals surface area contributed by atoms with E-state index in [4.69, 9.17) is 21.4 Å². The molecule has 4 aromatic rings. The van der Waals surface area contributed by atoms with Crippen molar-refractivity contribution in [1.29, 1.82) is 0 Å². The molecule has 8 heteroatoms. The van der Waals surface area contributed by atoms with E-state index in [1.54, 1.807) is 48.7 Å². The number of thiocarbonyl (C=S) groups is 1. The Hall–Kier alpha value is -4.17. The maximum Gasteiger partial charge on any atom is 0.337 e. The molecule has 0 amide bonds. The normalized spacial score (nSPS) is 17.4. The first-order valence-electron chi connectivity index (χ1n) is 10.6. The van der Waals surface area contributed by atoms with E-state index in [0.717, 1.165) is 16.9 Å². The molecule has 7 nitrogen and oxygen atoms in total. The molecule has 0 aliphatic carbocycles. The van der Waals surface area contributed by atoms with Gasteiger partial charge in [-0.2, -0.15) is 0 Å². The van der Waals surface area contributed by atoms with Gasteiger partial charge in [0.1, 0.15) is 23.3 Å². The number of phenols is 1. The predicted octanol–water partition coefficient (Wildman–Crippen LogP) is 5.01. The molecular weight excluding hydrogens is 450 g/mol. The van der Waals surface area contributed by atoms with Crippen LogP contribution < -0.4 is 10.2 Å². The van der Waals surface area contributed by atoms with Gasteiger partial charge in [-0.05, 0) is 72.9 Å². The molecule has 2 aromatic carbocycles. The molecule has 3 heterocycles. The van der Waals surface area contributed by atoms with Gasteiger partial charge in [-0.3, -0.25) is 4.98 Å². The van der Waals surface area contributed by atoms with Crippen molar-refractivity contribution in [1.82, 2.24) is 10.3 Å². The van der Waals surface area contributed by atoms with E-state index in [0.29, 0.717) is 22.2 Å². The monoisotopic (exact) mass is 471 g/mol. The van der Waals surface area contributed by atoms with Crippen molar-refractivity contribution in [2.24, 2.45) is 0 Å². The molecule has 0 bridgehead atoms. The number of aromatic nitrogens is 1. The number of hydrogen-bond donors (Lipinski definition) is 2. The Morgan fingerprint density at radius 1 is 1.09 bits per heavy atom. The second-order valence-electron chi connectivity index (χ2n) is 7.79. The Balaban J connectivity index is 1.57. The van der Waals surface area contributed by atoms with Crippen LogP contribution in [-0.2, 0) is 4.74 Å². The maximum atomic E-state index is 12.0. The minimum absolute atomic E-state index is 0.172. The zero-order valence-electron chi connectivity index (χ0n) is 18.2. The van der Waals surface area contributed by atoms with Crippen LogP contribution in [0.2, 0.25) is 0 Å². The number of nitrogens with one attached hydrogen (secondary N) is 1. The number of hydrogen-bond acceptors (Lipinski definition) is 6. The Morgan fingerprint density at radius 2 is 1.91 bits per heavy atom. The van der Waals surface area contributed by atoms with Crippen LogP contribution in [-0.4, -0.2) is 28.3 Å². The molecule has 1 saturated heterocycles. The van der Waals surface area contributed by atoms with Crippen molar-refractivity contribution >= 4 is 29.0 Å². The van der Waals surface area contributed by atoms with Gasteiger partial charge in [0.15, 0.2) is 5.11 Å². The second kappa shape index (κ2) is 8.99. The zero-order chi connectivity index (χ0) is 23.7. The van der Waals surface area contributed by atoms with Crippen LogP contribution in [0.1, 0.15) is 33.9 Å². The summed E-state index contributed by atoms with van der Waals surface area (Å²) in [6.07, 6.45) is 1.74. The van der Waals surface area contributed by atoms with Crippen LogP contribution in [0.5, 0.6) is 5.75 Å². The number of esters is 1. The van der Waals surface area contributed by atoms with Crippen LogP contribution in [0.3, 0.4) is 0 Å². The molecule has 2 N–H and O–H groups in total. The number of anilines is 1. The number of nitrogens with zero attached hydrogens (tertiary/aromatic N) is 2. The van der Waals surface area contributed by atoms with E-state index >= 15 is 0 Å². The summed E-state index contributed by atoms with van der Waals surface area (Å²) < 4.78 is 11.2. The number of ether oxygens (including phenoxy) is 1. The third kappa shape index (κ3) is 3.99. The van der Waals surface area contributed by atoms with E-state index in [-0.39, 0.29) is 17.8 Å². The Labute approximate surface area is 201 Å². The summed E-state index contributed by atoms with van der Waals surface area (Å²) in [4.78, 5) is 18.5. The largest absolute Gasteiger partial charge is 0.508 e. The molecule has 0 radical (unpaired) electrons. The molecule has 1 aliphatic rings. The number of phenolic OH excluding ortho intramolecular Hbond substituents is 1. The second-order valence-corrected chi connectivity index (χ2v) is 8.17. The first-order valence-corrected chi connectivity index (χ1v) is 11.0. The van der Waals surface area contributed by atoms with Gasteiger partial charge in [0.25, 0.3) is 0 Å². The lowest BCUT2D eigenvalue weighted by Gasteiger charge is -2.26. The fourth-order valence-electron chi connectivity index (χ4n) is 4.12. The number of carbonyl (C=O) groups is 1. The first kappa shape index (κ1) is 21.7. The summed E-state index contributed by atoms with van der Waals surface area (Å²) in [6.45, 7) is 0. The molecular formula is C26H21N3O4S. The molecule has 34 heavy (non-hydrogen) atoms. The number of aromatic hydroxyl groups is 1. The Bertz CT molecular complexity index is 1340. The van der Waals surface area contributed by atoms with Crippen LogP contribution in [0.15, 0.2) is 89.5 Å². The number of methoxy groups -OCH3 is 1. The summed E-state index contributed by atoms with van der Waals surface area (Å²) in [5.74, 6) is 1.05. The van der Waals surface area contributed by atoms with Gasteiger partial charge < -0.3 is 24.5 Å². The molecule has 1 fully saturated rings. The SMILES string of the molecule is COC(=O)c1cccc(-c2ccc([C@@H]3[C@@H](c4ccccn4)NC(=S)N3c3ccc(O)cc3)o2)c1. The molecule has 0 spiro atoms.